The molecule has 1 aromatic carbocycles. The van der Waals surface area contributed by atoms with Gasteiger partial charge in [0, 0.05) is 29.7 Å². The Morgan fingerprint density at radius 1 is 1.18 bits per heavy atom. The fourth-order valence-corrected chi connectivity index (χ4v) is 4.82. The molecular weight excluding hydrogens is 372 g/mol. The lowest BCUT2D eigenvalue weighted by atomic mass is 10.1. The first-order valence-corrected chi connectivity index (χ1v) is 10.9. The number of fused-ring (bicyclic) bond motifs is 1. The number of hydrogen-bond acceptors (Lipinski definition) is 6. The Morgan fingerprint density at radius 2 is 1.86 bits per heavy atom. The second-order valence-electron chi connectivity index (χ2n) is 7.09. The van der Waals surface area contributed by atoms with Gasteiger partial charge in [-0.25, -0.2) is 4.98 Å². The Balaban J connectivity index is 2.11. The molecule has 0 amide bonds. The number of benzene rings is 1. The molecule has 150 valence electrons. The quantitative estimate of drug-likeness (QED) is 0.312. The number of thioether (sulfide) groups is 1. The molecular formula is C21H28N4O2S. The number of nitrogens with one attached hydrogen (secondary N) is 1. The predicted octanol–water partition coefficient (Wildman–Crippen LogP) is 4.82. The molecule has 1 heterocycles. The molecule has 28 heavy (non-hydrogen) atoms. The molecule has 1 aromatic heterocycles. The van der Waals surface area contributed by atoms with Crippen LogP contribution in [0.25, 0.3) is 10.9 Å². The minimum absolute atomic E-state index is 0.304. The third-order valence-corrected chi connectivity index (χ3v) is 6.31. The topological polar surface area (TPSA) is 83.9 Å². The third kappa shape index (κ3) is 4.44. The molecule has 1 N–H and O–H groups in total. The average molecular weight is 401 g/mol. The molecule has 1 aliphatic carbocycles. The van der Waals surface area contributed by atoms with E-state index in [4.69, 9.17) is 25.1 Å². The van der Waals surface area contributed by atoms with Crippen LogP contribution in [0.15, 0.2) is 17.3 Å². The summed E-state index contributed by atoms with van der Waals surface area (Å²) in [7, 11) is 3.22. The van der Waals surface area contributed by atoms with Gasteiger partial charge in [0.1, 0.15) is 5.49 Å². The van der Waals surface area contributed by atoms with Crippen molar-refractivity contribution in [2.45, 2.75) is 62.6 Å². The summed E-state index contributed by atoms with van der Waals surface area (Å²) < 4.78 is 13.0. The Morgan fingerprint density at radius 3 is 2.50 bits per heavy atom. The molecule has 6 nitrogen and oxygen atoms in total. The number of methoxy groups -OCH3 is 2. The van der Waals surface area contributed by atoms with Crippen LogP contribution >= 0.6 is 11.8 Å². The van der Waals surface area contributed by atoms with Crippen LogP contribution in [0.1, 0.15) is 57.4 Å². The SMILES string of the molecule is COc1cc2nc(SCCCC#N)n(C3CCCCCC3)c(=N)c2cc1OC. The van der Waals surface area contributed by atoms with Crippen LogP contribution in [0.2, 0.25) is 0 Å². The van der Waals surface area contributed by atoms with Crippen LogP contribution in [0.4, 0.5) is 0 Å². The van der Waals surface area contributed by atoms with Crippen LogP contribution in [0.5, 0.6) is 11.5 Å². The molecule has 1 fully saturated rings. The van der Waals surface area contributed by atoms with Crippen molar-refractivity contribution in [3.8, 4) is 17.6 Å². The van der Waals surface area contributed by atoms with E-state index in [9.17, 15) is 0 Å². The van der Waals surface area contributed by atoms with Crippen molar-refractivity contribution >= 4 is 22.7 Å². The van der Waals surface area contributed by atoms with E-state index in [1.54, 1.807) is 26.0 Å². The summed E-state index contributed by atoms with van der Waals surface area (Å²) in [5.74, 6) is 2.06. The number of aromatic nitrogens is 2. The standard InChI is InChI=1S/C21H28N4O2S/c1-26-18-13-16-17(14-19(18)27-2)24-21(28-12-8-7-11-22)25(20(16)23)15-9-5-3-4-6-10-15/h13-15,23H,3-10,12H2,1-2H3. The van der Waals surface area contributed by atoms with Gasteiger partial charge in [-0.15, -0.1) is 0 Å². The summed E-state index contributed by atoms with van der Waals surface area (Å²) in [6, 6.07) is 6.22. The summed E-state index contributed by atoms with van der Waals surface area (Å²) in [4.78, 5) is 4.91. The molecule has 2 aromatic rings. The lowest BCUT2D eigenvalue weighted by Gasteiger charge is -2.23. The normalized spacial score (nSPS) is 15.2. The smallest absolute Gasteiger partial charge is 0.170 e. The van der Waals surface area contributed by atoms with Gasteiger partial charge >= 0.3 is 0 Å². The molecule has 0 bridgehead atoms. The Labute approximate surface area is 170 Å². The molecule has 3 rings (SSSR count). The van der Waals surface area contributed by atoms with E-state index in [1.807, 2.05) is 12.1 Å². The summed E-state index contributed by atoms with van der Waals surface area (Å²) in [5, 5.41) is 19.4. The van der Waals surface area contributed by atoms with Gasteiger partial charge in [-0.3, -0.25) is 5.41 Å². The van der Waals surface area contributed by atoms with Gasteiger partial charge in [0.15, 0.2) is 16.7 Å². The van der Waals surface area contributed by atoms with Crippen LogP contribution in [0.3, 0.4) is 0 Å². The first kappa shape index (κ1) is 20.5. The molecule has 0 unspecified atom stereocenters. The van der Waals surface area contributed by atoms with Gasteiger partial charge in [0.05, 0.1) is 25.8 Å². The summed E-state index contributed by atoms with van der Waals surface area (Å²) in [5.41, 5.74) is 1.23. The monoisotopic (exact) mass is 400 g/mol. The van der Waals surface area contributed by atoms with Crippen molar-refractivity contribution in [2.24, 2.45) is 0 Å². The Bertz CT molecular complexity index is 911. The number of rotatable bonds is 7. The first-order valence-electron chi connectivity index (χ1n) is 9.92. The summed E-state index contributed by atoms with van der Waals surface area (Å²) >= 11 is 1.65. The van der Waals surface area contributed by atoms with Gasteiger partial charge < -0.3 is 14.0 Å². The van der Waals surface area contributed by atoms with Crippen molar-refractivity contribution in [2.75, 3.05) is 20.0 Å². The minimum atomic E-state index is 0.304. The van der Waals surface area contributed by atoms with Crippen molar-refractivity contribution < 1.29 is 9.47 Å². The molecule has 0 atom stereocenters. The second kappa shape index (κ2) is 9.83. The second-order valence-corrected chi connectivity index (χ2v) is 8.15. The van der Waals surface area contributed by atoms with Crippen molar-refractivity contribution in [1.29, 1.82) is 10.7 Å². The number of ether oxygens (including phenoxy) is 2. The Kier molecular flexibility index (Phi) is 7.21. The number of nitrogens with zero attached hydrogens (tertiary/aromatic N) is 3. The minimum Gasteiger partial charge on any atom is -0.493 e. The highest BCUT2D eigenvalue weighted by Gasteiger charge is 2.21. The zero-order valence-corrected chi connectivity index (χ0v) is 17.5. The average Bonchev–Trinajstić information content (AvgIpc) is 2.99. The van der Waals surface area contributed by atoms with Crippen LogP contribution < -0.4 is 15.0 Å². The highest BCUT2D eigenvalue weighted by atomic mass is 32.2. The summed E-state index contributed by atoms with van der Waals surface area (Å²) in [6.45, 7) is 0. The zero-order chi connectivity index (χ0) is 19.9. The summed E-state index contributed by atoms with van der Waals surface area (Å²) in [6.07, 6.45) is 8.46. The maximum absolute atomic E-state index is 8.96. The van der Waals surface area contributed by atoms with E-state index in [0.29, 0.717) is 29.4 Å². The molecule has 0 aliphatic heterocycles. The maximum Gasteiger partial charge on any atom is 0.170 e. The van der Waals surface area contributed by atoms with Crippen LogP contribution in [0, 0.1) is 16.7 Å². The molecule has 0 saturated heterocycles. The van der Waals surface area contributed by atoms with Crippen molar-refractivity contribution in [1.82, 2.24) is 9.55 Å². The van der Waals surface area contributed by atoms with E-state index in [2.05, 4.69) is 10.6 Å². The molecule has 0 radical (unpaired) electrons. The van der Waals surface area contributed by atoms with Gasteiger partial charge in [-0.1, -0.05) is 37.4 Å². The molecule has 7 heteroatoms. The highest BCUT2D eigenvalue weighted by molar-refractivity contribution is 7.99. The van der Waals surface area contributed by atoms with E-state index >= 15 is 0 Å². The fourth-order valence-electron chi connectivity index (χ4n) is 3.80. The number of unbranched alkanes of at least 4 members (excludes halogenated alkanes) is 1. The van der Waals surface area contributed by atoms with Gasteiger partial charge in [0.2, 0.25) is 0 Å². The van der Waals surface area contributed by atoms with E-state index in [-0.39, 0.29) is 0 Å². The van der Waals surface area contributed by atoms with E-state index < -0.39 is 0 Å². The Hall–Kier alpha value is -2.20. The van der Waals surface area contributed by atoms with Gasteiger partial charge in [-0.2, -0.15) is 5.26 Å². The highest BCUT2D eigenvalue weighted by Crippen LogP contribution is 2.34. The predicted molar refractivity (Wildman–Crippen MR) is 111 cm³/mol. The first-order chi connectivity index (χ1) is 13.7. The third-order valence-electron chi connectivity index (χ3n) is 5.27. The van der Waals surface area contributed by atoms with E-state index in [1.165, 1.54) is 25.7 Å². The van der Waals surface area contributed by atoms with Crippen molar-refractivity contribution in [3.63, 3.8) is 0 Å². The molecule has 0 spiro atoms. The largest absolute Gasteiger partial charge is 0.493 e. The zero-order valence-electron chi connectivity index (χ0n) is 16.7. The van der Waals surface area contributed by atoms with Gasteiger partial charge in [-0.05, 0) is 25.3 Å². The van der Waals surface area contributed by atoms with Crippen molar-refractivity contribution in [3.05, 3.63) is 17.6 Å². The lowest BCUT2D eigenvalue weighted by Crippen LogP contribution is -2.28. The van der Waals surface area contributed by atoms with Gasteiger partial charge in [0.25, 0.3) is 0 Å². The fraction of sp³-hybridized carbons (Fsp3) is 0.571. The molecule has 1 saturated carbocycles. The van der Waals surface area contributed by atoms with Crippen LogP contribution in [-0.2, 0) is 0 Å². The lowest BCUT2D eigenvalue weighted by molar-refractivity contribution is 0.355. The maximum atomic E-state index is 8.96. The number of hydrogen-bond donors (Lipinski definition) is 1. The number of nitriles is 1. The van der Waals surface area contributed by atoms with Crippen LogP contribution in [-0.4, -0.2) is 29.5 Å². The molecule has 1 aliphatic rings. The van der Waals surface area contributed by atoms with E-state index in [0.717, 1.165) is 41.1 Å².